The third-order valence-electron chi connectivity index (χ3n) is 7.29. The molecule has 0 fully saturated rings. The number of amides is 1. The number of carbonyl (C=O) groups is 1. The number of carbonyl (C=O) groups excluding carboxylic acids is 1. The van der Waals surface area contributed by atoms with Crippen molar-refractivity contribution in [3.05, 3.63) is 113 Å². The molecular weight excluding hydrogens is 623 g/mol. The molecule has 0 aliphatic carbocycles. The first-order valence-corrected chi connectivity index (χ1v) is 25.3. The molecule has 6 heteroatoms. The molecule has 5 nitrogen and oxygen atoms in total. The predicted octanol–water partition coefficient (Wildman–Crippen LogP) is 8.01. The number of rotatable bonds is 15. The summed E-state index contributed by atoms with van der Waals surface area (Å²) in [5.41, 5.74) is 6.59. The van der Waals surface area contributed by atoms with Crippen LogP contribution in [-0.4, -0.2) is 30.8 Å². The third-order valence-corrected chi connectivity index (χ3v) is 13.2. The normalized spacial score (nSPS) is 12.9. The SMILES string of the molecule is CC/C=C(/Nc1ccc(CC(=O)NC/C(=C\CC)NC(CC)c2cc[c]([Sn]([CH3])([CH3])[CH3])cc2)cc1)Nc1ccccc1C. The Balaban J connectivity index is 1.55. The van der Waals surface area contributed by atoms with Crippen LogP contribution in [0.15, 0.2) is 96.5 Å². The second-order valence-electron chi connectivity index (χ2n) is 11.9. The van der Waals surface area contributed by atoms with Crippen molar-refractivity contribution in [1.29, 1.82) is 0 Å². The molecule has 3 aromatic carbocycles. The fourth-order valence-corrected chi connectivity index (χ4v) is 8.12. The first-order chi connectivity index (χ1) is 20.1. The van der Waals surface area contributed by atoms with Crippen LogP contribution in [0.5, 0.6) is 0 Å². The molecule has 0 aromatic heterocycles. The molecule has 0 radical (unpaired) electrons. The van der Waals surface area contributed by atoms with E-state index in [1.807, 2.05) is 36.4 Å². The van der Waals surface area contributed by atoms with Crippen molar-refractivity contribution in [3.8, 4) is 0 Å². The second-order valence-corrected chi connectivity index (χ2v) is 26.3. The van der Waals surface area contributed by atoms with Crippen molar-refractivity contribution in [2.24, 2.45) is 0 Å². The number of allylic oxidation sites excluding steroid dienone is 2. The average molecular weight is 674 g/mol. The molecule has 0 bridgehead atoms. The van der Waals surface area contributed by atoms with E-state index in [-0.39, 0.29) is 11.9 Å². The van der Waals surface area contributed by atoms with Crippen LogP contribution < -0.4 is 24.8 Å². The van der Waals surface area contributed by atoms with Gasteiger partial charge < -0.3 is 10.6 Å². The summed E-state index contributed by atoms with van der Waals surface area (Å²) in [7, 11) is 0. The molecule has 42 heavy (non-hydrogen) atoms. The van der Waals surface area contributed by atoms with Crippen LogP contribution in [0.2, 0.25) is 14.8 Å². The van der Waals surface area contributed by atoms with E-state index < -0.39 is 18.4 Å². The Morgan fingerprint density at radius 3 is 2.10 bits per heavy atom. The van der Waals surface area contributed by atoms with Crippen LogP contribution in [-0.2, 0) is 11.2 Å². The van der Waals surface area contributed by atoms with Gasteiger partial charge in [-0.3, -0.25) is 0 Å². The molecule has 1 unspecified atom stereocenters. The minimum atomic E-state index is -2.07. The van der Waals surface area contributed by atoms with Gasteiger partial charge >= 0.3 is 151 Å². The monoisotopic (exact) mass is 674 g/mol. The number of benzene rings is 3. The maximum Gasteiger partial charge on any atom is 0.0424 e. The van der Waals surface area contributed by atoms with Crippen molar-refractivity contribution in [2.75, 3.05) is 17.2 Å². The van der Waals surface area contributed by atoms with Gasteiger partial charge in [-0.05, 0) is 43.2 Å². The Morgan fingerprint density at radius 2 is 1.50 bits per heavy atom. The molecule has 0 aliphatic rings. The topological polar surface area (TPSA) is 65.2 Å². The van der Waals surface area contributed by atoms with E-state index in [9.17, 15) is 4.79 Å². The van der Waals surface area contributed by atoms with Crippen LogP contribution in [0.3, 0.4) is 0 Å². The van der Waals surface area contributed by atoms with Gasteiger partial charge in [-0.15, -0.1) is 0 Å². The van der Waals surface area contributed by atoms with Gasteiger partial charge in [0, 0.05) is 11.4 Å². The zero-order chi connectivity index (χ0) is 30.5. The molecule has 1 amide bonds. The van der Waals surface area contributed by atoms with Crippen molar-refractivity contribution < 1.29 is 4.79 Å². The fourth-order valence-electron chi connectivity index (χ4n) is 4.79. The van der Waals surface area contributed by atoms with E-state index >= 15 is 0 Å². The fraction of sp³-hybridized carbons (Fsp3) is 0.361. The molecule has 1 atom stereocenters. The number of anilines is 2. The van der Waals surface area contributed by atoms with Crippen molar-refractivity contribution >= 4 is 39.2 Å². The van der Waals surface area contributed by atoms with Gasteiger partial charge in [0.15, 0.2) is 0 Å². The number of nitrogens with one attached hydrogen (secondary N) is 4. The maximum absolute atomic E-state index is 12.9. The van der Waals surface area contributed by atoms with E-state index in [4.69, 9.17) is 0 Å². The summed E-state index contributed by atoms with van der Waals surface area (Å²) < 4.78 is 1.54. The van der Waals surface area contributed by atoms with E-state index in [0.717, 1.165) is 47.7 Å². The van der Waals surface area contributed by atoms with E-state index in [0.29, 0.717) is 13.0 Å². The quantitative estimate of drug-likeness (QED) is 0.124. The van der Waals surface area contributed by atoms with Gasteiger partial charge in [-0.1, -0.05) is 37.3 Å². The Labute approximate surface area is 258 Å². The Morgan fingerprint density at radius 1 is 0.833 bits per heavy atom. The summed E-state index contributed by atoms with van der Waals surface area (Å²) in [5.74, 6) is 0.959. The predicted molar refractivity (Wildman–Crippen MR) is 184 cm³/mol. The number of para-hydroxylation sites is 1. The van der Waals surface area contributed by atoms with Crippen molar-refractivity contribution in [3.63, 3.8) is 0 Å². The zero-order valence-corrected chi connectivity index (χ0v) is 29.5. The van der Waals surface area contributed by atoms with Gasteiger partial charge in [0.25, 0.3) is 0 Å². The Hall–Kier alpha value is -3.19. The smallest absolute Gasteiger partial charge is 0.0424 e. The second kappa shape index (κ2) is 16.4. The molecule has 0 saturated heterocycles. The molecule has 3 aromatic rings. The largest absolute Gasteiger partial charge is 0.342 e. The van der Waals surface area contributed by atoms with Gasteiger partial charge in [-0.25, -0.2) is 0 Å². The molecular formula is C36H50N4OSn. The van der Waals surface area contributed by atoms with Crippen LogP contribution in [0.1, 0.15) is 62.8 Å². The first kappa shape index (κ1) is 33.3. The minimum absolute atomic E-state index is 0.0161. The molecule has 4 N–H and O–H groups in total. The summed E-state index contributed by atoms with van der Waals surface area (Å²) in [6.45, 7) is 9.04. The Bertz CT molecular complexity index is 1340. The van der Waals surface area contributed by atoms with Gasteiger partial charge in [0.2, 0.25) is 0 Å². The van der Waals surface area contributed by atoms with Crippen molar-refractivity contribution in [1.82, 2.24) is 10.6 Å². The van der Waals surface area contributed by atoms with Crippen LogP contribution in [0, 0.1) is 6.92 Å². The molecule has 0 saturated carbocycles. The molecule has 0 spiro atoms. The number of hydrogen-bond donors (Lipinski definition) is 4. The maximum atomic E-state index is 12.9. The van der Waals surface area contributed by atoms with Crippen LogP contribution in [0.4, 0.5) is 11.4 Å². The number of aryl methyl sites for hydroxylation is 1. The van der Waals surface area contributed by atoms with Gasteiger partial charge in [0.1, 0.15) is 5.82 Å². The van der Waals surface area contributed by atoms with E-state index in [1.54, 1.807) is 3.58 Å². The summed E-state index contributed by atoms with van der Waals surface area (Å²) in [4.78, 5) is 20.2. The van der Waals surface area contributed by atoms with Gasteiger partial charge in [-0.2, -0.15) is 0 Å². The summed E-state index contributed by atoms with van der Waals surface area (Å²) in [5, 5.41) is 13.8. The standard InChI is InChI=1S/C33H41N4O.3CH3.Sn/c1-5-13-29(35-30(7-3)27-16-9-8-10-17-27)24-34-33(38)23-26-19-21-28(22-20-26)36-32(14-6-2)37-31-18-12-11-15-25(31)4;;;;/h9-22,30,35-37H,5-7,23-24H2,1-4H3,(H,34,38);3*1H3;/b29-13+,32-14-;;;;. The molecule has 0 aliphatic heterocycles. The van der Waals surface area contributed by atoms with Crippen LogP contribution in [0.25, 0.3) is 0 Å². The van der Waals surface area contributed by atoms with Crippen molar-refractivity contribution in [2.45, 2.75) is 74.2 Å². The molecule has 224 valence electrons. The summed E-state index contributed by atoms with van der Waals surface area (Å²) in [6, 6.07) is 25.7. The number of hydrogen-bond acceptors (Lipinski definition) is 4. The van der Waals surface area contributed by atoms with E-state index in [2.05, 4.69) is 112 Å². The average Bonchev–Trinajstić information content (AvgIpc) is 2.96. The van der Waals surface area contributed by atoms with Crippen LogP contribution >= 0.6 is 0 Å². The summed E-state index contributed by atoms with van der Waals surface area (Å²) in [6.07, 6.45) is 7.45. The third kappa shape index (κ3) is 10.6. The molecule has 3 rings (SSSR count). The molecule has 0 heterocycles. The minimum Gasteiger partial charge on any atom is -0.342 e. The first-order valence-electron chi connectivity index (χ1n) is 15.3. The van der Waals surface area contributed by atoms with Gasteiger partial charge in [0.05, 0.1) is 0 Å². The summed E-state index contributed by atoms with van der Waals surface area (Å²) >= 11 is -2.07. The Kier molecular flexibility index (Phi) is 13.0. The van der Waals surface area contributed by atoms with E-state index in [1.165, 1.54) is 11.1 Å². The zero-order valence-electron chi connectivity index (χ0n) is 26.6.